The summed E-state index contributed by atoms with van der Waals surface area (Å²) < 4.78 is 64.4. The first-order chi connectivity index (χ1) is 14.7. The fraction of sp³-hybridized carbons (Fsp3) is 0.381. The number of alkyl halides is 4. The first-order valence-electron chi connectivity index (χ1n) is 9.46. The summed E-state index contributed by atoms with van der Waals surface area (Å²) in [6.07, 6.45) is 0. The van der Waals surface area contributed by atoms with E-state index in [0.717, 1.165) is 0 Å². The number of ether oxygens (including phenoxy) is 3. The molecule has 170 valence electrons. The molecule has 1 atom stereocenters. The van der Waals surface area contributed by atoms with Crippen LogP contribution in [0.15, 0.2) is 42.5 Å². The molecular formula is C21H24F4N2O4. The van der Waals surface area contributed by atoms with Crippen molar-refractivity contribution in [1.29, 1.82) is 0 Å². The van der Waals surface area contributed by atoms with Gasteiger partial charge in [-0.3, -0.25) is 9.69 Å². The van der Waals surface area contributed by atoms with E-state index >= 15 is 0 Å². The number of halogens is 4. The van der Waals surface area contributed by atoms with Crippen molar-refractivity contribution < 1.29 is 36.6 Å². The first kappa shape index (κ1) is 24.3. The number of anilines is 1. The largest absolute Gasteiger partial charge is 0.490 e. The predicted molar refractivity (Wildman–Crippen MR) is 107 cm³/mol. The van der Waals surface area contributed by atoms with E-state index in [-0.39, 0.29) is 29.5 Å². The third-order valence-electron chi connectivity index (χ3n) is 4.36. The number of para-hydroxylation sites is 2. The zero-order chi connectivity index (χ0) is 23.0. The van der Waals surface area contributed by atoms with Gasteiger partial charge < -0.3 is 19.5 Å². The first-order valence-corrected chi connectivity index (χ1v) is 9.46. The van der Waals surface area contributed by atoms with Crippen LogP contribution < -0.4 is 19.5 Å². The lowest BCUT2D eigenvalue weighted by molar-refractivity contribution is -0.120. The molecule has 31 heavy (non-hydrogen) atoms. The Labute approximate surface area is 177 Å². The topological polar surface area (TPSA) is 60.0 Å². The van der Waals surface area contributed by atoms with Gasteiger partial charge in [-0.2, -0.15) is 17.6 Å². The Morgan fingerprint density at radius 2 is 1.65 bits per heavy atom. The van der Waals surface area contributed by atoms with Crippen molar-refractivity contribution in [2.45, 2.75) is 39.7 Å². The number of amides is 1. The van der Waals surface area contributed by atoms with Crippen LogP contribution in [0.5, 0.6) is 17.2 Å². The van der Waals surface area contributed by atoms with Crippen LogP contribution in [0.4, 0.5) is 23.2 Å². The molecular weight excluding hydrogens is 420 g/mol. The summed E-state index contributed by atoms with van der Waals surface area (Å²) in [5, 5.41) is 2.58. The summed E-state index contributed by atoms with van der Waals surface area (Å²) in [5.74, 6) is -0.485. The Hall–Kier alpha value is -3.01. The number of carbonyl (C=O) groups is 1. The van der Waals surface area contributed by atoms with E-state index in [1.165, 1.54) is 24.3 Å². The molecule has 0 heterocycles. The Morgan fingerprint density at radius 1 is 1.00 bits per heavy atom. The number of likely N-dealkylation sites (N-methyl/N-ethyl adjacent to an activating group) is 1. The quantitative estimate of drug-likeness (QED) is 0.507. The maximum absolute atomic E-state index is 12.6. The molecule has 0 spiro atoms. The van der Waals surface area contributed by atoms with E-state index in [4.69, 9.17) is 4.74 Å². The van der Waals surface area contributed by atoms with E-state index in [9.17, 15) is 22.4 Å². The van der Waals surface area contributed by atoms with Gasteiger partial charge in [0.15, 0.2) is 11.5 Å². The summed E-state index contributed by atoms with van der Waals surface area (Å²) in [7, 11) is 1.69. The number of hydrogen-bond donors (Lipinski definition) is 1. The fourth-order valence-electron chi connectivity index (χ4n) is 2.74. The molecule has 0 bridgehead atoms. The standard InChI is InChI=1S/C21H24F4N2O4/c1-4-29-18-11-14(9-10-17(18)31-21(24)25)12-27(3)13(2)19(28)26-15-7-5-6-8-16(15)30-20(22)23/h5-11,13,20-21H,4,12H2,1-3H3,(H,26,28). The van der Waals surface area contributed by atoms with Gasteiger partial charge in [0.1, 0.15) is 5.75 Å². The van der Waals surface area contributed by atoms with Crippen molar-refractivity contribution in [1.82, 2.24) is 4.90 Å². The second-order valence-corrected chi connectivity index (χ2v) is 6.55. The zero-order valence-electron chi connectivity index (χ0n) is 17.3. The van der Waals surface area contributed by atoms with E-state index in [2.05, 4.69) is 14.8 Å². The summed E-state index contributed by atoms with van der Waals surface area (Å²) in [6, 6.07) is 9.77. The molecule has 10 heteroatoms. The highest BCUT2D eigenvalue weighted by molar-refractivity contribution is 5.95. The van der Waals surface area contributed by atoms with E-state index in [0.29, 0.717) is 12.1 Å². The lowest BCUT2D eigenvalue weighted by Crippen LogP contribution is -2.39. The van der Waals surface area contributed by atoms with Crippen molar-refractivity contribution in [3.63, 3.8) is 0 Å². The van der Waals surface area contributed by atoms with Crippen LogP contribution in [-0.4, -0.2) is 43.7 Å². The van der Waals surface area contributed by atoms with E-state index < -0.39 is 25.2 Å². The fourth-order valence-corrected chi connectivity index (χ4v) is 2.74. The van der Waals surface area contributed by atoms with Gasteiger partial charge in [0.2, 0.25) is 5.91 Å². The molecule has 2 aromatic rings. The smallest absolute Gasteiger partial charge is 0.387 e. The van der Waals surface area contributed by atoms with E-state index in [1.54, 1.807) is 44.0 Å². The summed E-state index contributed by atoms with van der Waals surface area (Å²) in [6.45, 7) is -2.09. The van der Waals surface area contributed by atoms with Crippen molar-refractivity contribution in [2.24, 2.45) is 0 Å². The maximum atomic E-state index is 12.6. The van der Waals surface area contributed by atoms with Gasteiger partial charge in [-0.25, -0.2) is 0 Å². The zero-order valence-corrected chi connectivity index (χ0v) is 17.3. The molecule has 1 unspecified atom stereocenters. The monoisotopic (exact) mass is 444 g/mol. The maximum Gasteiger partial charge on any atom is 0.387 e. The minimum absolute atomic E-state index is 0.0790. The van der Waals surface area contributed by atoms with Gasteiger partial charge in [0.25, 0.3) is 0 Å². The van der Waals surface area contributed by atoms with Crippen molar-refractivity contribution in [2.75, 3.05) is 19.0 Å². The molecule has 2 rings (SSSR count). The highest BCUT2D eigenvalue weighted by atomic mass is 19.3. The van der Waals surface area contributed by atoms with Crippen molar-refractivity contribution >= 4 is 11.6 Å². The molecule has 0 saturated heterocycles. The number of benzene rings is 2. The van der Waals surface area contributed by atoms with Crippen LogP contribution in [0.2, 0.25) is 0 Å². The van der Waals surface area contributed by atoms with Gasteiger partial charge in [-0.05, 0) is 50.7 Å². The lowest BCUT2D eigenvalue weighted by atomic mass is 10.1. The Balaban J connectivity index is 2.07. The summed E-state index contributed by atoms with van der Waals surface area (Å²) >= 11 is 0. The molecule has 1 amide bonds. The molecule has 0 aromatic heterocycles. The number of rotatable bonds is 11. The van der Waals surface area contributed by atoms with Crippen LogP contribution in [0.3, 0.4) is 0 Å². The molecule has 0 aliphatic rings. The average Bonchev–Trinajstić information content (AvgIpc) is 2.70. The molecule has 0 saturated carbocycles. The number of nitrogens with zero attached hydrogens (tertiary/aromatic N) is 1. The molecule has 0 radical (unpaired) electrons. The highest BCUT2D eigenvalue weighted by Gasteiger charge is 2.21. The number of nitrogens with one attached hydrogen (secondary N) is 1. The Kier molecular flexibility index (Phi) is 8.92. The molecule has 6 nitrogen and oxygen atoms in total. The number of carbonyl (C=O) groups excluding carboxylic acids is 1. The minimum Gasteiger partial charge on any atom is -0.490 e. The third kappa shape index (κ3) is 7.32. The van der Waals surface area contributed by atoms with Crippen LogP contribution in [-0.2, 0) is 11.3 Å². The van der Waals surface area contributed by atoms with Crippen LogP contribution in [0, 0.1) is 0 Å². The van der Waals surface area contributed by atoms with Crippen molar-refractivity contribution in [3.05, 3.63) is 48.0 Å². The normalized spacial score (nSPS) is 12.2. The van der Waals surface area contributed by atoms with Crippen LogP contribution in [0.25, 0.3) is 0 Å². The molecule has 0 aliphatic heterocycles. The highest BCUT2D eigenvalue weighted by Crippen LogP contribution is 2.30. The van der Waals surface area contributed by atoms with Crippen molar-refractivity contribution in [3.8, 4) is 17.2 Å². The Bertz CT molecular complexity index is 867. The minimum atomic E-state index is -3.02. The van der Waals surface area contributed by atoms with Crippen LogP contribution in [0.1, 0.15) is 19.4 Å². The second kappa shape index (κ2) is 11.4. The molecule has 1 N–H and O–H groups in total. The third-order valence-corrected chi connectivity index (χ3v) is 4.36. The Morgan fingerprint density at radius 3 is 2.29 bits per heavy atom. The SMILES string of the molecule is CCOc1cc(CN(C)C(C)C(=O)Nc2ccccc2OC(F)F)ccc1OC(F)F. The van der Waals surface area contributed by atoms with Gasteiger partial charge >= 0.3 is 13.2 Å². The van der Waals surface area contributed by atoms with Gasteiger partial charge in [0.05, 0.1) is 18.3 Å². The second-order valence-electron chi connectivity index (χ2n) is 6.55. The van der Waals surface area contributed by atoms with Gasteiger partial charge in [-0.15, -0.1) is 0 Å². The summed E-state index contributed by atoms with van der Waals surface area (Å²) in [4.78, 5) is 14.3. The molecule has 0 aliphatic carbocycles. The average molecular weight is 444 g/mol. The van der Waals surface area contributed by atoms with Gasteiger partial charge in [0, 0.05) is 6.54 Å². The van der Waals surface area contributed by atoms with Gasteiger partial charge in [-0.1, -0.05) is 18.2 Å². The van der Waals surface area contributed by atoms with E-state index in [1.807, 2.05) is 0 Å². The lowest BCUT2D eigenvalue weighted by Gasteiger charge is -2.25. The summed E-state index contributed by atoms with van der Waals surface area (Å²) in [5.41, 5.74) is 0.828. The molecule has 2 aromatic carbocycles. The molecule has 0 fully saturated rings. The number of hydrogen-bond acceptors (Lipinski definition) is 5. The predicted octanol–water partition coefficient (Wildman–Crippen LogP) is 4.75. The van der Waals surface area contributed by atoms with Crippen LogP contribution >= 0.6 is 0 Å².